The Balaban J connectivity index is 1.99. The lowest BCUT2D eigenvalue weighted by Gasteiger charge is -2.20. The zero-order valence-corrected chi connectivity index (χ0v) is 17.7. The summed E-state index contributed by atoms with van der Waals surface area (Å²) < 4.78 is 2.01. The highest BCUT2D eigenvalue weighted by Gasteiger charge is 2.20. The fourth-order valence-electron chi connectivity index (χ4n) is 2.91. The van der Waals surface area contributed by atoms with E-state index in [1.807, 2.05) is 37.5 Å². The standard InChI is InChI=1S/C21H25N5OS/c1-14-6-7-17(15(2)12-14)26-19(16-8-10-22-11-9-16)24-25-20(26)28-13-18(27)23-21(3,4)5/h6-12H,13H2,1-5H3,(H,23,27). The summed E-state index contributed by atoms with van der Waals surface area (Å²) in [7, 11) is 0. The zero-order chi connectivity index (χ0) is 20.3. The van der Waals surface area contributed by atoms with Crippen molar-refractivity contribution in [3.8, 4) is 17.1 Å². The molecule has 7 heteroatoms. The first-order chi connectivity index (χ1) is 13.2. The summed E-state index contributed by atoms with van der Waals surface area (Å²) in [6.07, 6.45) is 3.47. The van der Waals surface area contributed by atoms with Gasteiger partial charge in [-0.15, -0.1) is 10.2 Å². The van der Waals surface area contributed by atoms with Crippen LogP contribution in [0.15, 0.2) is 47.9 Å². The van der Waals surface area contributed by atoms with Gasteiger partial charge in [0.1, 0.15) is 0 Å². The van der Waals surface area contributed by atoms with E-state index in [-0.39, 0.29) is 17.2 Å². The molecule has 0 spiro atoms. The van der Waals surface area contributed by atoms with Crippen LogP contribution in [0.4, 0.5) is 0 Å². The molecule has 0 bridgehead atoms. The third-order valence-corrected chi connectivity index (χ3v) is 4.94. The van der Waals surface area contributed by atoms with Crippen molar-refractivity contribution in [2.24, 2.45) is 0 Å². The van der Waals surface area contributed by atoms with Gasteiger partial charge in [-0.1, -0.05) is 29.5 Å². The van der Waals surface area contributed by atoms with Gasteiger partial charge in [0.15, 0.2) is 11.0 Å². The molecule has 0 saturated carbocycles. The molecular formula is C21H25N5OS. The topological polar surface area (TPSA) is 72.7 Å². The molecular weight excluding hydrogens is 370 g/mol. The van der Waals surface area contributed by atoms with Crippen molar-refractivity contribution in [3.63, 3.8) is 0 Å². The van der Waals surface area contributed by atoms with Crippen LogP contribution < -0.4 is 5.32 Å². The minimum absolute atomic E-state index is 0.0295. The summed E-state index contributed by atoms with van der Waals surface area (Å²) in [5.41, 5.74) is 3.98. The normalized spacial score (nSPS) is 11.5. The van der Waals surface area contributed by atoms with Crippen LogP contribution in [0.1, 0.15) is 31.9 Å². The van der Waals surface area contributed by atoms with E-state index in [0.717, 1.165) is 22.6 Å². The number of carbonyl (C=O) groups is 1. The SMILES string of the molecule is Cc1ccc(-n2c(SCC(=O)NC(C)(C)C)nnc2-c2ccncc2)c(C)c1. The van der Waals surface area contributed by atoms with Crippen LogP contribution in [-0.4, -0.2) is 36.9 Å². The molecule has 1 aromatic carbocycles. The number of hydrogen-bond acceptors (Lipinski definition) is 5. The van der Waals surface area contributed by atoms with Crippen LogP contribution >= 0.6 is 11.8 Å². The van der Waals surface area contributed by atoms with Crippen LogP contribution in [0.5, 0.6) is 0 Å². The van der Waals surface area contributed by atoms with Crippen molar-refractivity contribution in [1.82, 2.24) is 25.1 Å². The zero-order valence-electron chi connectivity index (χ0n) is 16.9. The second-order valence-corrected chi connectivity index (χ2v) is 8.70. The van der Waals surface area contributed by atoms with E-state index in [2.05, 4.69) is 52.5 Å². The largest absolute Gasteiger partial charge is 0.351 e. The molecule has 0 aliphatic carbocycles. The highest BCUT2D eigenvalue weighted by atomic mass is 32.2. The number of aromatic nitrogens is 4. The molecule has 2 aromatic heterocycles. The Morgan fingerprint density at radius 3 is 2.46 bits per heavy atom. The molecule has 0 radical (unpaired) electrons. The minimum atomic E-state index is -0.263. The van der Waals surface area contributed by atoms with Gasteiger partial charge in [-0.25, -0.2) is 0 Å². The average Bonchev–Trinajstić information content (AvgIpc) is 3.03. The van der Waals surface area contributed by atoms with Crippen LogP contribution in [0.25, 0.3) is 17.1 Å². The summed E-state index contributed by atoms with van der Waals surface area (Å²) in [5.74, 6) is 0.975. The lowest BCUT2D eigenvalue weighted by molar-refractivity contribution is -0.119. The predicted octanol–water partition coefficient (Wildman–Crippen LogP) is 3.95. The van der Waals surface area contributed by atoms with Crippen molar-refractivity contribution >= 4 is 17.7 Å². The molecule has 0 aliphatic rings. The van der Waals surface area contributed by atoms with Crippen molar-refractivity contribution in [2.45, 2.75) is 45.3 Å². The minimum Gasteiger partial charge on any atom is -0.351 e. The van der Waals surface area contributed by atoms with Gasteiger partial charge in [0.25, 0.3) is 0 Å². The van der Waals surface area contributed by atoms with Crippen molar-refractivity contribution in [3.05, 3.63) is 53.9 Å². The monoisotopic (exact) mass is 395 g/mol. The molecule has 1 amide bonds. The summed E-state index contributed by atoms with van der Waals surface area (Å²) in [5, 5.41) is 12.5. The molecule has 28 heavy (non-hydrogen) atoms. The Morgan fingerprint density at radius 2 is 1.82 bits per heavy atom. The highest BCUT2D eigenvalue weighted by Crippen LogP contribution is 2.29. The number of rotatable bonds is 5. The number of hydrogen-bond donors (Lipinski definition) is 1. The first-order valence-electron chi connectivity index (χ1n) is 9.12. The number of aryl methyl sites for hydroxylation is 2. The number of thioether (sulfide) groups is 1. The van der Waals surface area contributed by atoms with E-state index < -0.39 is 0 Å². The van der Waals surface area contributed by atoms with Gasteiger partial charge in [-0.05, 0) is 58.4 Å². The first-order valence-corrected chi connectivity index (χ1v) is 10.1. The number of carbonyl (C=O) groups excluding carboxylic acids is 1. The third kappa shape index (κ3) is 4.78. The molecule has 3 aromatic rings. The molecule has 6 nitrogen and oxygen atoms in total. The van der Waals surface area contributed by atoms with Crippen molar-refractivity contribution < 1.29 is 4.79 Å². The van der Waals surface area contributed by atoms with Gasteiger partial charge in [0.2, 0.25) is 5.91 Å². The summed E-state index contributed by atoms with van der Waals surface area (Å²) in [4.78, 5) is 16.4. The first kappa shape index (κ1) is 20.1. The molecule has 3 rings (SSSR count). The molecule has 0 saturated heterocycles. The van der Waals surface area contributed by atoms with Crippen molar-refractivity contribution in [1.29, 1.82) is 0 Å². The molecule has 146 valence electrons. The number of pyridine rings is 1. The van der Waals surface area contributed by atoms with E-state index in [4.69, 9.17) is 0 Å². The van der Waals surface area contributed by atoms with Crippen LogP contribution in [0.2, 0.25) is 0 Å². The van der Waals surface area contributed by atoms with Gasteiger partial charge in [-0.2, -0.15) is 0 Å². The van der Waals surface area contributed by atoms with Gasteiger partial charge >= 0.3 is 0 Å². The highest BCUT2D eigenvalue weighted by molar-refractivity contribution is 7.99. The van der Waals surface area contributed by atoms with Crippen molar-refractivity contribution in [2.75, 3.05) is 5.75 Å². The summed E-state index contributed by atoms with van der Waals surface area (Å²) >= 11 is 1.38. The summed E-state index contributed by atoms with van der Waals surface area (Å²) in [6, 6.07) is 10.1. The van der Waals surface area contributed by atoms with Crippen LogP contribution in [0, 0.1) is 13.8 Å². The second-order valence-electron chi connectivity index (χ2n) is 7.75. The van der Waals surface area contributed by atoms with Gasteiger partial charge in [0, 0.05) is 23.5 Å². The van der Waals surface area contributed by atoms with Gasteiger partial charge in [-0.3, -0.25) is 14.3 Å². The Bertz CT molecular complexity index is 976. The molecule has 0 atom stereocenters. The maximum absolute atomic E-state index is 12.3. The van der Waals surface area contributed by atoms with Crippen LogP contribution in [0.3, 0.4) is 0 Å². The number of benzene rings is 1. The number of amides is 1. The summed E-state index contributed by atoms with van der Waals surface area (Å²) in [6.45, 7) is 10.0. The lowest BCUT2D eigenvalue weighted by Crippen LogP contribution is -2.41. The molecule has 0 aliphatic heterocycles. The van der Waals surface area contributed by atoms with Gasteiger partial charge in [0.05, 0.1) is 11.4 Å². The Labute approximate surface area is 169 Å². The van der Waals surface area contributed by atoms with E-state index in [1.54, 1.807) is 12.4 Å². The Kier molecular flexibility index (Phi) is 5.84. The molecule has 0 fully saturated rings. The van der Waals surface area contributed by atoms with E-state index >= 15 is 0 Å². The van der Waals surface area contributed by atoms with E-state index in [9.17, 15) is 4.79 Å². The fourth-order valence-corrected chi connectivity index (χ4v) is 3.65. The maximum Gasteiger partial charge on any atom is 0.230 e. The number of nitrogens with zero attached hydrogens (tertiary/aromatic N) is 4. The molecule has 1 N–H and O–H groups in total. The van der Waals surface area contributed by atoms with Crippen LogP contribution in [-0.2, 0) is 4.79 Å². The van der Waals surface area contributed by atoms with E-state index in [0.29, 0.717) is 5.16 Å². The fraction of sp³-hybridized carbons (Fsp3) is 0.333. The van der Waals surface area contributed by atoms with Gasteiger partial charge < -0.3 is 5.32 Å². The number of nitrogens with one attached hydrogen (secondary N) is 1. The maximum atomic E-state index is 12.3. The second kappa shape index (κ2) is 8.14. The molecule has 0 unspecified atom stereocenters. The smallest absolute Gasteiger partial charge is 0.230 e. The lowest BCUT2D eigenvalue weighted by atomic mass is 10.1. The van der Waals surface area contributed by atoms with E-state index in [1.165, 1.54) is 17.3 Å². The molecule has 2 heterocycles. The average molecular weight is 396 g/mol. The third-order valence-electron chi connectivity index (χ3n) is 4.01. The predicted molar refractivity (Wildman–Crippen MR) is 113 cm³/mol. The Hall–Kier alpha value is -2.67. The Morgan fingerprint density at radius 1 is 1.11 bits per heavy atom. The quantitative estimate of drug-likeness (QED) is 0.662.